The number of fused-ring (bicyclic) bond motifs is 1. The first-order valence-corrected chi connectivity index (χ1v) is 5.92. The van der Waals surface area contributed by atoms with Gasteiger partial charge in [-0.05, 0) is 51.4 Å². The van der Waals surface area contributed by atoms with E-state index in [1.807, 2.05) is 13.8 Å². The summed E-state index contributed by atoms with van der Waals surface area (Å²) in [5.41, 5.74) is 3.38. The maximum atomic E-state index is 2.32. The molecular formula is C13H24. The van der Waals surface area contributed by atoms with Crippen LogP contribution in [0.1, 0.15) is 59.8 Å². The smallest absolute Gasteiger partial charge is 0.0289 e. The lowest BCUT2D eigenvalue weighted by molar-refractivity contribution is 0.359. The third-order valence-corrected chi connectivity index (χ3v) is 3.68. The summed E-state index contributed by atoms with van der Waals surface area (Å²) in [5, 5.41) is 0. The predicted molar refractivity (Wildman–Crippen MR) is 59.8 cm³/mol. The number of hydrogen-bond donors (Lipinski definition) is 0. The van der Waals surface area contributed by atoms with Gasteiger partial charge in [0.25, 0.3) is 0 Å². The van der Waals surface area contributed by atoms with E-state index in [1.54, 1.807) is 11.1 Å². The zero-order valence-electron chi connectivity index (χ0n) is 9.69. The average molecular weight is 180 g/mol. The summed E-state index contributed by atoms with van der Waals surface area (Å²) in [6.07, 6.45) is 7.34. The molecule has 2 unspecified atom stereocenters. The van der Waals surface area contributed by atoms with Crippen molar-refractivity contribution in [3.05, 3.63) is 11.1 Å². The summed E-state index contributed by atoms with van der Waals surface area (Å²) in [6, 6.07) is 0. The van der Waals surface area contributed by atoms with Crippen molar-refractivity contribution in [2.75, 3.05) is 0 Å². The van der Waals surface area contributed by atoms with Crippen molar-refractivity contribution in [2.24, 2.45) is 11.8 Å². The Labute approximate surface area is 83.4 Å². The van der Waals surface area contributed by atoms with Crippen molar-refractivity contribution in [2.45, 2.75) is 59.8 Å². The van der Waals surface area contributed by atoms with Crippen LogP contribution in [0.15, 0.2) is 11.1 Å². The molecule has 0 radical (unpaired) electrons. The van der Waals surface area contributed by atoms with Gasteiger partial charge in [0.1, 0.15) is 0 Å². The van der Waals surface area contributed by atoms with Gasteiger partial charge in [-0.15, -0.1) is 0 Å². The molecule has 0 bridgehead atoms. The quantitative estimate of drug-likeness (QED) is 0.479. The van der Waals surface area contributed by atoms with Gasteiger partial charge in [0.05, 0.1) is 0 Å². The molecule has 1 fully saturated rings. The molecule has 1 saturated carbocycles. The van der Waals surface area contributed by atoms with E-state index in [1.165, 1.54) is 32.1 Å². The second-order valence-electron chi connectivity index (χ2n) is 4.42. The molecule has 0 aromatic heterocycles. The van der Waals surface area contributed by atoms with E-state index in [2.05, 4.69) is 13.8 Å². The fraction of sp³-hybridized carbons (Fsp3) is 0.846. The minimum Gasteiger partial charge on any atom is -0.0741 e. The third-order valence-electron chi connectivity index (χ3n) is 3.68. The first-order chi connectivity index (χ1) is 6.27. The normalized spacial score (nSPS) is 32.3. The molecule has 0 spiro atoms. The molecule has 0 heterocycles. The van der Waals surface area contributed by atoms with Gasteiger partial charge in [0.15, 0.2) is 0 Å². The molecular weight excluding hydrogens is 156 g/mol. The van der Waals surface area contributed by atoms with E-state index in [0.29, 0.717) is 0 Å². The van der Waals surface area contributed by atoms with Crippen LogP contribution in [0.5, 0.6) is 0 Å². The Bertz CT molecular complexity index is 168. The van der Waals surface area contributed by atoms with Crippen molar-refractivity contribution < 1.29 is 0 Å². The summed E-state index contributed by atoms with van der Waals surface area (Å²) in [4.78, 5) is 0. The molecule has 0 N–H and O–H groups in total. The lowest BCUT2D eigenvalue weighted by atomic mass is 9.79. The largest absolute Gasteiger partial charge is 0.0741 e. The lowest BCUT2D eigenvalue weighted by Gasteiger charge is -2.27. The molecule has 76 valence electrons. The van der Waals surface area contributed by atoms with Crippen LogP contribution in [0.4, 0.5) is 0 Å². The first kappa shape index (κ1) is 10.8. The molecule has 0 saturated heterocycles. The Hall–Kier alpha value is -0.260. The van der Waals surface area contributed by atoms with Crippen LogP contribution in [0, 0.1) is 11.8 Å². The maximum Gasteiger partial charge on any atom is -0.0289 e. The van der Waals surface area contributed by atoms with Gasteiger partial charge in [0, 0.05) is 0 Å². The van der Waals surface area contributed by atoms with E-state index in [0.717, 1.165) is 11.8 Å². The zero-order chi connectivity index (χ0) is 9.84. The number of hydrogen-bond acceptors (Lipinski definition) is 0. The van der Waals surface area contributed by atoms with Crippen LogP contribution in [0.25, 0.3) is 0 Å². The van der Waals surface area contributed by atoms with Crippen molar-refractivity contribution in [3.63, 3.8) is 0 Å². The summed E-state index contributed by atoms with van der Waals surface area (Å²) < 4.78 is 0. The fourth-order valence-electron chi connectivity index (χ4n) is 2.79. The van der Waals surface area contributed by atoms with Gasteiger partial charge in [0.2, 0.25) is 0 Å². The minimum atomic E-state index is 1.07. The standard InChI is InChI=1S/C11H18.C2H6/c1-8-6-10-4-3-5-11(10)7-9(8)2;1-2/h10-11H,3-7H2,1-2H3;1-2H3. The monoisotopic (exact) mass is 180 g/mol. The molecule has 0 aromatic carbocycles. The summed E-state index contributed by atoms with van der Waals surface area (Å²) in [7, 11) is 0. The second kappa shape index (κ2) is 4.83. The molecule has 2 aliphatic rings. The Morgan fingerprint density at radius 1 is 0.846 bits per heavy atom. The highest BCUT2D eigenvalue weighted by atomic mass is 14.4. The molecule has 13 heavy (non-hydrogen) atoms. The summed E-state index contributed by atoms with van der Waals surface area (Å²) >= 11 is 0. The Balaban J connectivity index is 0.000000396. The highest BCUT2D eigenvalue weighted by molar-refractivity contribution is 5.16. The van der Waals surface area contributed by atoms with E-state index >= 15 is 0 Å². The average Bonchev–Trinajstić information content (AvgIpc) is 2.56. The van der Waals surface area contributed by atoms with Gasteiger partial charge >= 0.3 is 0 Å². The molecule has 0 aromatic rings. The van der Waals surface area contributed by atoms with Gasteiger partial charge < -0.3 is 0 Å². The van der Waals surface area contributed by atoms with E-state index in [9.17, 15) is 0 Å². The second-order valence-corrected chi connectivity index (χ2v) is 4.42. The van der Waals surface area contributed by atoms with Crippen LogP contribution in [0.2, 0.25) is 0 Å². The molecule has 0 aliphatic heterocycles. The highest BCUT2D eigenvalue weighted by Crippen LogP contribution is 2.43. The molecule has 2 aliphatic carbocycles. The number of allylic oxidation sites excluding steroid dienone is 2. The van der Waals surface area contributed by atoms with E-state index < -0.39 is 0 Å². The minimum absolute atomic E-state index is 1.07. The van der Waals surface area contributed by atoms with Crippen molar-refractivity contribution >= 4 is 0 Å². The van der Waals surface area contributed by atoms with Crippen molar-refractivity contribution in [3.8, 4) is 0 Å². The van der Waals surface area contributed by atoms with Crippen LogP contribution in [-0.4, -0.2) is 0 Å². The van der Waals surface area contributed by atoms with Crippen LogP contribution in [-0.2, 0) is 0 Å². The van der Waals surface area contributed by atoms with Crippen LogP contribution in [0.3, 0.4) is 0 Å². The Morgan fingerprint density at radius 3 is 1.62 bits per heavy atom. The van der Waals surface area contributed by atoms with E-state index in [4.69, 9.17) is 0 Å². The lowest BCUT2D eigenvalue weighted by Crippen LogP contribution is -2.14. The van der Waals surface area contributed by atoms with Crippen LogP contribution < -0.4 is 0 Å². The number of rotatable bonds is 0. The van der Waals surface area contributed by atoms with Crippen molar-refractivity contribution in [1.29, 1.82) is 0 Å². The SMILES string of the molecule is CC.CC1=C(C)CC2CCCC2C1. The van der Waals surface area contributed by atoms with E-state index in [-0.39, 0.29) is 0 Å². The van der Waals surface area contributed by atoms with Gasteiger partial charge in [-0.2, -0.15) is 0 Å². The van der Waals surface area contributed by atoms with Gasteiger partial charge in [-0.3, -0.25) is 0 Å². The molecule has 0 heteroatoms. The summed E-state index contributed by atoms with van der Waals surface area (Å²) in [5.74, 6) is 2.14. The molecule has 2 rings (SSSR count). The maximum absolute atomic E-state index is 2.32. The van der Waals surface area contributed by atoms with Gasteiger partial charge in [-0.25, -0.2) is 0 Å². The first-order valence-electron chi connectivity index (χ1n) is 5.92. The molecule has 2 atom stereocenters. The van der Waals surface area contributed by atoms with Crippen molar-refractivity contribution in [1.82, 2.24) is 0 Å². The topological polar surface area (TPSA) is 0 Å². The fourth-order valence-corrected chi connectivity index (χ4v) is 2.79. The Morgan fingerprint density at radius 2 is 1.23 bits per heavy atom. The summed E-state index contributed by atoms with van der Waals surface area (Å²) in [6.45, 7) is 8.65. The predicted octanol–water partition coefficient (Wildman–Crippen LogP) is 4.56. The molecule has 0 nitrogen and oxygen atoms in total. The Kier molecular flexibility index (Phi) is 4.02. The highest BCUT2D eigenvalue weighted by Gasteiger charge is 2.30. The zero-order valence-corrected chi connectivity index (χ0v) is 9.69. The van der Waals surface area contributed by atoms with Gasteiger partial charge in [-0.1, -0.05) is 31.4 Å². The molecule has 0 amide bonds. The van der Waals surface area contributed by atoms with Crippen LogP contribution >= 0.6 is 0 Å². The third kappa shape index (κ3) is 2.36.